The Bertz CT molecular complexity index is 723. The van der Waals surface area contributed by atoms with Crippen molar-refractivity contribution in [2.24, 2.45) is 5.92 Å². The molecule has 138 valence electrons. The van der Waals surface area contributed by atoms with Crippen LogP contribution in [0.4, 0.5) is 0 Å². The molecule has 0 bridgehead atoms. The highest BCUT2D eigenvalue weighted by atomic mass is 35.5. The van der Waals surface area contributed by atoms with Crippen LogP contribution in [0.25, 0.3) is 0 Å². The van der Waals surface area contributed by atoms with E-state index in [1.807, 2.05) is 55.5 Å². The highest BCUT2D eigenvalue weighted by molar-refractivity contribution is 6.35. The van der Waals surface area contributed by atoms with E-state index in [-0.39, 0.29) is 17.9 Å². The average Bonchev–Trinajstić information content (AvgIpc) is 2.66. The van der Waals surface area contributed by atoms with Gasteiger partial charge in [0.15, 0.2) is 0 Å². The summed E-state index contributed by atoms with van der Waals surface area (Å²) in [5.41, 5.74) is 2.10. The Hall–Kier alpha value is -1.55. The molecule has 0 saturated carbocycles. The molecular weight excluding hydrogens is 367 g/mol. The molecule has 2 aromatic rings. The Kier molecular flexibility index (Phi) is 6.58. The average molecular weight is 391 g/mol. The molecular formula is C21H24Cl2N2O. The van der Waals surface area contributed by atoms with Gasteiger partial charge in [0.2, 0.25) is 5.91 Å². The Balaban J connectivity index is 1.51. The van der Waals surface area contributed by atoms with Gasteiger partial charge in [0.25, 0.3) is 0 Å². The van der Waals surface area contributed by atoms with Crippen LogP contribution in [0.15, 0.2) is 48.5 Å². The maximum atomic E-state index is 12.6. The fraction of sp³-hybridized carbons (Fsp3) is 0.381. The Morgan fingerprint density at radius 3 is 2.31 bits per heavy atom. The zero-order valence-electron chi connectivity index (χ0n) is 14.9. The van der Waals surface area contributed by atoms with E-state index in [0.29, 0.717) is 10.0 Å². The zero-order valence-corrected chi connectivity index (χ0v) is 16.4. The van der Waals surface area contributed by atoms with Crippen molar-refractivity contribution in [2.45, 2.75) is 32.4 Å². The number of halogens is 2. The first-order valence-electron chi connectivity index (χ1n) is 9.05. The Morgan fingerprint density at radius 1 is 1.08 bits per heavy atom. The summed E-state index contributed by atoms with van der Waals surface area (Å²) < 4.78 is 0. The van der Waals surface area contributed by atoms with Gasteiger partial charge in [-0.3, -0.25) is 9.69 Å². The largest absolute Gasteiger partial charge is 0.349 e. The van der Waals surface area contributed by atoms with Crippen molar-refractivity contribution in [1.29, 1.82) is 0 Å². The summed E-state index contributed by atoms with van der Waals surface area (Å²) in [6.45, 7) is 4.51. The number of carbonyl (C=O) groups is 1. The van der Waals surface area contributed by atoms with Gasteiger partial charge in [-0.1, -0.05) is 59.6 Å². The second-order valence-corrected chi connectivity index (χ2v) is 7.71. The van der Waals surface area contributed by atoms with Gasteiger partial charge in [-0.2, -0.15) is 0 Å². The monoisotopic (exact) mass is 390 g/mol. The molecule has 1 amide bonds. The van der Waals surface area contributed by atoms with Crippen LogP contribution in [0.3, 0.4) is 0 Å². The summed E-state index contributed by atoms with van der Waals surface area (Å²) in [5, 5.41) is 4.55. The van der Waals surface area contributed by atoms with Crippen LogP contribution in [0.2, 0.25) is 10.0 Å². The van der Waals surface area contributed by atoms with E-state index in [1.54, 1.807) is 0 Å². The summed E-state index contributed by atoms with van der Waals surface area (Å²) in [4.78, 5) is 14.9. The number of piperidine rings is 1. The highest BCUT2D eigenvalue weighted by Gasteiger charge is 2.26. The summed E-state index contributed by atoms with van der Waals surface area (Å²) in [6, 6.07) is 15.7. The number of carbonyl (C=O) groups excluding carboxylic acids is 1. The van der Waals surface area contributed by atoms with E-state index in [2.05, 4.69) is 10.2 Å². The van der Waals surface area contributed by atoms with Crippen LogP contribution in [0.1, 0.15) is 36.9 Å². The van der Waals surface area contributed by atoms with Crippen molar-refractivity contribution in [1.82, 2.24) is 10.2 Å². The molecule has 1 aliphatic heterocycles. The third-order valence-corrected chi connectivity index (χ3v) is 5.77. The molecule has 26 heavy (non-hydrogen) atoms. The quantitative estimate of drug-likeness (QED) is 0.771. The second kappa shape index (κ2) is 8.90. The predicted molar refractivity (Wildman–Crippen MR) is 107 cm³/mol. The summed E-state index contributed by atoms with van der Waals surface area (Å²) >= 11 is 12.5. The first-order valence-corrected chi connectivity index (χ1v) is 9.80. The van der Waals surface area contributed by atoms with Gasteiger partial charge in [-0.05, 0) is 50.6 Å². The Morgan fingerprint density at radius 2 is 1.69 bits per heavy atom. The molecule has 5 heteroatoms. The molecule has 1 saturated heterocycles. The van der Waals surface area contributed by atoms with Crippen LogP contribution < -0.4 is 5.32 Å². The molecule has 0 aliphatic carbocycles. The molecule has 1 atom stereocenters. The lowest BCUT2D eigenvalue weighted by Gasteiger charge is -2.32. The van der Waals surface area contributed by atoms with Crippen molar-refractivity contribution in [3.8, 4) is 0 Å². The van der Waals surface area contributed by atoms with E-state index >= 15 is 0 Å². The zero-order chi connectivity index (χ0) is 18.5. The minimum Gasteiger partial charge on any atom is -0.349 e. The van der Waals surface area contributed by atoms with Crippen LogP contribution in [0.5, 0.6) is 0 Å². The number of benzene rings is 2. The van der Waals surface area contributed by atoms with Gasteiger partial charge in [0, 0.05) is 28.1 Å². The van der Waals surface area contributed by atoms with E-state index < -0.39 is 0 Å². The summed E-state index contributed by atoms with van der Waals surface area (Å²) in [6.07, 6.45) is 1.71. The van der Waals surface area contributed by atoms with Crippen molar-refractivity contribution in [3.63, 3.8) is 0 Å². The second-order valence-electron chi connectivity index (χ2n) is 6.89. The van der Waals surface area contributed by atoms with Gasteiger partial charge < -0.3 is 5.32 Å². The number of likely N-dealkylation sites (tertiary alicyclic amines) is 1. The number of nitrogens with one attached hydrogen (secondary N) is 1. The summed E-state index contributed by atoms with van der Waals surface area (Å²) in [5.74, 6) is 0.218. The van der Waals surface area contributed by atoms with Gasteiger partial charge in [0.1, 0.15) is 0 Å². The van der Waals surface area contributed by atoms with Crippen molar-refractivity contribution in [3.05, 3.63) is 69.7 Å². The van der Waals surface area contributed by atoms with Crippen molar-refractivity contribution < 1.29 is 4.79 Å². The van der Waals surface area contributed by atoms with Crippen molar-refractivity contribution >= 4 is 29.1 Å². The molecule has 2 aromatic carbocycles. The number of nitrogens with zero attached hydrogens (tertiary/aromatic N) is 1. The maximum absolute atomic E-state index is 12.6. The fourth-order valence-corrected chi connectivity index (χ4v) is 3.93. The van der Waals surface area contributed by atoms with Gasteiger partial charge in [-0.15, -0.1) is 0 Å². The number of hydrogen-bond acceptors (Lipinski definition) is 2. The minimum absolute atomic E-state index is 0.0312. The molecule has 0 unspecified atom stereocenters. The number of amides is 1. The predicted octanol–water partition coefficient (Wildman–Crippen LogP) is 5.08. The third kappa shape index (κ3) is 4.79. The molecule has 0 aromatic heterocycles. The fourth-order valence-electron chi connectivity index (χ4n) is 3.42. The molecule has 3 rings (SSSR count). The van der Waals surface area contributed by atoms with Gasteiger partial charge in [0.05, 0.1) is 6.04 Å². The highest BCUT2D eigenvalue weighted by Crippen LogP contribution is 2.28. The van der Waals surface area contributed by atoms with E-state index in [4.69, 9.17) is 23.2 Å². The summed E-state index contributed by atoms with van der Waals surface area (Å²) in [7, 11) is 0. The number of hydrogen-bond donors (Lipinski definition) is 1. The molecule has 1 N–H and O–H groups in total. The van der Waals surface area contributed by atoms with E-state index in [1.165, 1.54) is 0 Å². The normalized spacial score (nSPS) is 17.0. The van der Waals surface area contributed by atoms with Gasteiger partial charge >= 0.3 is 0 Å². The van der Waals surface area contributed by atoms with Crippen LogP contribution in [0, 0.1) is 5.92 Å². The van der Waals surface area contributed by atoms with Crippen LogP contribution >= 0.6 is 23.2 Å². The maximum Gasteiger partial charge on any atom is 0.223 e. The molecule has 1 heterocycles. The standard InChI is InChI=1S/C21H24Cl2N2O/c1-15(16-6-3-2-4-7-16)24-21(26)17-10-12-25(13-11-17)14-18-19(22)8-5-9-20(18)23/h2-9,15,17H,10-14H2,1H3,(H,24,26)/t15-/m1/s1. The smallest absolute Gasteiger partial charge is 0.223 e. The molecule has 0 radical (unpaired) electrons. The topological polar surface area (TPSA) is 32.3 Å². The van der Waals surface area contributed by atoms with E-state index in [9.17, 15) is 4.79 Å². The van der Waals surface area contributed by atoms with Gasteiger partial charge in [-0.25, -0.2) is 0 Å². The first kappa shape index (κ1) is 19.2. The van der Waals surface area contributed by atoms with E-state index in [0.717, 1.165) is 43.6 Å². The lowest BCUT2D eigenvalue weighted by molar-refractivity contribution is -0.127. The molecule has 0 spiro atoms. The minimum atomic E-state index is 0.0312. The molecule has 3 nitrogen and oxygen atoms in total. The first-order chi connectivity index (χ1) is 12.5. The van der Waals surface area contributed by atoms with Crippen LogP contribution in [-0.2, 0) is 11.3 Å². The lowest BCUT2D eigenvalue weighted by atomic mass is 9.95. The molecule has 1 aliphatic rings. The SMILES string of the molecule is C[C@@H](NC(=O)C1CCN(Cc2c(Cl)cccc2Cl)CC1)c1ccccc1. The Labute approximate surface area is 165 Å². The number of rotatable bonds is 5. The van der Waals surface area contributed by atoms with Crippen LogP contribution in [-0.4, -0.2) is 23.9 Å². The van der Waals surface area contributed by atoms with Crippen molar-refractivity contribution in [2.75, 3.05) is 13.1 Å². The lowest BCUT2D eigenvalue weighted by Crippen LogP contribution is -2.41. The third-order valence-electron chi connectivity index (χ3n) is 5.06. The molecule has 1 fully saturated rings.